The lowest BCUT2D eigenvalue weighted by atomic mass is 10.3. The van der Waals surface area contributed by atoms with E-state index in [1.165, 1.54) is 6.20 Å². The number of pyridine rings is 1. The SMILES string of the molecule is Fc1cnccc1NCCN1CCN(c2ncccn2)CC1. The van der Waals surface area contributed by atoms with Crippen LogP contribution in [0, 0.1) is 5.82 Å². The predicted molar refractivity (Wildman–Crippen MR) is 83.4 cm³/mol. The molecule has 22 heavy (non-hydrogen) atoms. The summed E-state index contributed by atoms with van der Waals surface area (Å²) in [4.78, 5) is 16.8. The lowest BCUT2D eigenvalue weighted by Gasteiger charge is -2.34. The Hall–Kier alpha value is -2.28. The van der Waals surface area contributed by atoms with E-state index in [9.17, 15) is 4.39 Å². The highest BCUT2D eigenvalue weighted by atomic mass is 19.1. The number of piperazine rings is 1. The van der Waals surface area contributed by atoms with Crippen molar-refractivity contribution in [1.82, 2.24) is 19.9 Å². The Kier molecular flexibility index (Phi) is 4.75. The highest BCUT2D eigenvalue weighted by molar-refractivity contribution is 5.42. The third-order valence-corrected chi connectivity index (χ3v) is 3.72. The zero-order valence-corrected chi connectivity index (χ0v) is 12.3. The average molecular weight is 302 g/mol. The number of nitrogens with zero attached hydrogens (tertiary/aromatic N) is 5. The summed E-state index contributed by atoms with van der Waals surface area (Å²) in [6.07, 6.45) is 6.34. The molecular formula is C15H19FN6. The van der Waals surface area contributed by atoms with Crippen molar-refractivity contribution in [2.24, 2.45) is 0 Å². The van der Waals surface area contributed by atoms with Crippen molar-refractivity contribution in [2.45, 2.75) is 0 Å². The summed E-state index contributed by atoms with van der Waals surface area (Å²) in [5.74, 6) is 0.479. The Morgan fingerprint density at radius 3 is 2.59 bits per heavy atom. The molecule has 1 aliphatic rings. The van der Waals surface area contributed by atoms with Crippen LogP contribution in [0.5, 0.6) is 0 Å². The van der Waals surface area contributed by atoms with E-state index in [4.69, 9.17) is 0 Å². The van der Waals surface area contributed by atoms with Crippen LogP contribution in [0.25, 0.3) is 0 Å². The average Bonchev–Trinajstić information content (AvgIpc) is 2.58. The molecule has 0 radical (unpaired) electrons. The summed E-state index contributed by atoms with van der Waals surface area (Å²) in [6.45, 7) is 5.33. The zero-order chi connectivity index (χ0) is 15.2. The number of rotatable bonds is 5. The first-order chi connectivity index (χ1) is 10.8. The molecule has 116 valence electrons. The molecule has 1 N–H and O–H groups in total. The van der Waals surface area contributed by atoms with Crippen molar-refractivity contribution >= 4 is 11.6 Å². The van der Waals surface area contributed by atoms with Crippen molar-refractivity contribution in [2.75, 3.05) is 49.5 Å². The van der Waals surface area contributed by atoms with Gasteiger partial charge in [-0.15, -0.1) is 0 Å². The third-order valence-electron chi connectivity index (χ3n) is 3.72. The topological polar surface area (TPSA) is 57.2 Å². The third kappa shape index (κ3) is 3.67. The van der Waals surface area contributed by atoms with Gasteiger partial charge in [0.1, 0.15) is 0 Å². The Labute approximate surface area is 129 Å². The molecule has 0 aromatic carbocycles. The maximum absolute atomic E-state index is 13.4. The van der Waals surface area contributed by atoms with Crippen LogP contribution in [0.2, 0.25) is 0 Å². The minimum atomic E-state index is -0.312. The number of anilines is 2. The van der Waals surface area contributed by atoms with Crippen molar-refractivity contribution < 1.29 is 4.39 Å². The highest BCUT2D eigenvalue weighted by Crippen LogP contribution is 2.11. The number of hydrogen-bond acceptors (Lipinski definition) is 6. The molecule has 0 spiro atoms. The van der Waals surface area contributed by atoms with E-state index in [2.05, 4.69) is 30.1 Å². The van der Waals surface area contributed by atoms with E-state index in [1.54, 1.807) is 24.7 Å². The molecule has 1 saturated heterocycles. The lowest BCUT2D eigenvalue weighted by Crippen LogP contribution is -2.48. The Bertz CT molecular complexity index is 586. The summed E-state index contributed by atoms with van der Waals surface area (Å²) in [5, 5.41) is 3.11. The normalized spacial score (nSPS) is 15.8. The second kappa shape index (κ2) is 7.13. The van der Waals surface area contributed by atoms with Crippen LogP contribution in [-0.4, -0.2) is 59.1 Å². The summed E-state index contributed by atoms with van der Waals surface area (Å²) < 4.78 is 13.4. The molecular weight excluding hydrogens is 283 g/mol. The minimum Gasteiger partial charge on any atom is -0.381 e. The standard InChI is InChI=1S/C15H19FN6/c16-13-12-17-5-2-14(13)18-6-7-21-8-10-22(11-9-21)15-19-3-1-4-20-15/h1-5,12H,6-11H2,(H,17,18). The lowest BCUT2D eigenvalue weighted by molar-refractivity contribution is 0.266. The first kappa shape index (κ1) is 14.6. The van der Waals surface area contributed by atoms with Gasteiger partial charge in [0.15, 0.2) is 5.82 Å². The second-order valence-electron chi connectivity index (χ2n) is 5.16. The molecule has 6 nitrogen and oxygen atoms in total. The molecule has 3 rings (SSSR count). The first-order valence-electron chi connectivity index (χ1n) is 7.40. The molecule has 0 atom stereocenters. The highest BCUT2D eigenvalue weighted by Gasteiger charge is 2.18. The smallest absolute Gasteiger partial charge is 0.225 e. The molecule has 7 heteroatoms. The van der Waals surface area contributed by atoms with Crippen LogP contribution in [0.4, 0.5) is 16.0 Å². The second-order valence-corrected chi connectivity index (χ2v) is 5.16. The van der Waals surface area contributed by atoms with Gasteiger partial charge in [0.25, 0.3) is 0 Å². The van der Waals surface area contributed by atoms with Gasteiger partial charge in [-0.05, 0) is 12.1 Å². The molecule has 1 aliphatic heterocycles. The molecule has 2 aromatic rings. The monoisotopic (exact) mass is 302 g/mol. The van der Waals surface area contributed by atoms with Crippen molar-refractivity contribution in [1.29, 1.82) is 0 Å². The molecule has 0 amide bonds. The van der Waals surface area contributed by atoms with Crippen molar-refractivity contribution in [3.05, 3.63) is 42.7 Å². The quantitative estimate of drug-likeness (QED) is 0.897. The van der Waals surface area contributed by atoms with Crippen LogP contribution in [0.15, 0.2) is 36.9 Å². The van der Waals surface area contributed by atoms with Gasteiger partial charge in [-0.3, -0.25) is 9.88 Å². The number of aromatic nitrogens is 3. The summed E-state index contributed by atoms with van der Waals surface area (Å²) in [6, 6.07) is 3.48. The number of nitrogens with one attached hydrogen (secondary N) is 1. The molecule has 0 saturated carbocycles. The first-order valence-corrected chi connectivity index (χ1v) is 7.40. The fraction of sp³-hybridized carbons (Fsp3) is 0.400. The van der Waals surface area contributed by atoms with Gasteiger partial charge in [-0.2, -0.15) is 0 Å². The van der Waals surface area contributed by atoms with Gasteiger partial charge in [0, 0.05) is 57.9 Å². The largest absolute Gasteiger partial charge is 0.381 e. The Balaban J connectivity index is 1.42. The number of hydrogen-bond donors (Lipinski definition) is 1. The van der Waals surface area contributed by atoms with Gasteiger partial charge < -0.3 is 10.2 Å². The van der Waals surface area contributed by atoms with E-state index in [0.717, 1.165) is 38.7 Å². The van der Waals surface area contributed by atoms with Crippen LogP contribution in [-0.2, 0) is 0 Å². The van der Waals surface area contributed by atoms with Crippen molar-refractivity contribution in [3.63, 3.8) is 0 Å². The van der Waals surface area contributed by atoms with E-state index in [0.29, 0.717) is 12.2 Å². The molecule has 1 fully saturated rings. The number of halogens is 1. The van der Waals surface area contributed by atoms with Crippen LogP contribution >= 0.6 is 0 Å². The van der Waals surface area contributed by atoms with Gasteiger partial charge in [-0.1, -0.05) is 0 Å². The molecule has 2 aromatic heterocycles. The molecule has 0 unspecified atom stereocenters. The summed E-state index contributed by atoms with van der Waals surface area (Å²) >= 11 is 0. The molecule has 0 aliphatic carbocycles. The van der Waals surface area contributed by atoms with Crippen molar-refractivity contribution in [3.8, 4) is 0 Å². The maximum atomic E-state index is 13.4. The fourth-order valence-electron chi connectivity index (χ4n) is 2.49. The fourth-order valence-corrected chi connectivity index (χ4v) is 2.49. The predicted octanol–water partition coefficient (Wildman–Crippen LogP) is 1.24. The zero-order valence-electron chi connectivity index (χ0n) is 12.3. The van der Waals surface area contributed by atoms with Gasteiger partial charge in [-0.25, -0.2) is 14.4 Å². The Morgan fingerprint density at radius 1 is 1.09 bits per heavy atom. The summed E-state index contributed by atoms with van der Waals surface area (Å²) in [5.41, 5.74) is 0.506. The summed E-state index contributed by atoms with van der Waals surface area (Å²) in [7, 11) is 0. The Morgan fingerprint density at radius 2 is 1.86 bits per heavy atom. The van der Waals surface area contributed by atoms with Crippen LogP contribution < -0.4 is 10.2 Å². The van der Waals surface area contributed by atoms with Gasteiger partial charge in [0.05, 0.1) is 11.9 Å². The maximum Gasteiger partial charge on any atom is 0.225 e. The van der Waals surface area contributed by atoms with E-state index >= 15 is 0 Å². The van der Waals surface area contributed by atoms with Gasteiger partial charge in [0.2, 0.25) is 5.95 Å². The van der Waals surface area contributed by atoms with Gasteiger partial charge >= 0.3 is 0 Å². The van der Waals surface area contributed by atoms with E-state index in [-0.39, 0.29) is 5.82 Å². The minimum absolute atomic E-state index is 0.312. The molecule has 3 heterocycles. The van der Waals surface area contributed by atoms with Crippen LogP contribution in [0.1, 0.15) is 0 Å². The van der Waals surface area contributed by atoms with E-state index in [1.807, 2.05) is 6.07 Å². The molecule has 0 bridgehead atoms. The van der Waals surface area contributed by atoms with E-state index < -0.39 is 0 Å². The van der Waals surface area contributed by atoms with Crippen LogP contribution in [0.3, 0.4) is 0 Å².